The number of rotatable bonds is 4. The van der Waals surface area contributed by atoms with Gasteiger partial charge in [-0.05, 0) is 40.2 Å². The molecule has 0 bridgehead atoms. The number of hydrogen-bond acceptors (Lipinski definition) is 5. The summed E-state index contributed by atoms with van der Waals surface area (Å²) in [5.74, 6) is 0.252. The Bertz CT molecular complexity index is 885. The number of ether oxygens (including phenoxy) is 2. The Kier molecular flexibility index (Phi) is 4.74. The van der Waals surface area contributed by atoms with Gasteiger partial charge in [0.05, 0.1) is 10.5 Å². The topological polar surface area (TPSA) is 93.7 Å². The van der Waals surface area contributed by atoms with Crippen molar-refractivity contribution in [2.24, 2.45) is 0 Å². The van der Waals surface area contributed by atoms with Crippen molar-refractivity contribution in [3.63, 3.8) is 0 Å². The van der Waals surface area contributed by atoms with Crippen LogP contribution in [0, 0.1) is 0 Å². The van der Waals surface area contributed by atoms with E-state index in [4.69, 9.17) is 9.47 Å². The Hall–Kier alpha value is -2.10. The molecule has 2 N–H and O–H groups in total. The molecule has 24 heavy (non-hydrogen) atoms. The molecule has 0 radical (unpaired) electrons. The van der Waals surface area contributed by atoms with E-state index in [-0.39, 0.29) is 4.90 Å². The minimum atomic E-state index is -3.94. The molecule has 0 fully saturated rings. The van der Waals surface area contributed by atoms with Crippen LogP contribution in [-0.4, -0.2) is 27.5 Å². The molecule has 0 aromatic heterocycles. The molecule has 1 aliphatic heterocycles. The molecular weight excluding hydrogens is 400 g/mol. The maximum absolute atomic E-state index is 12.3. The number of nitrogens with one attached hydrogen (secondary N) is 2. The van der Waals surface area contributed by atoms with Crippen molar-refractivity contribution in [1.82, 2.24) is 10.3 Å². The van der Waals surface area contributed by atoms with Gasteiger partial charge in [0.1, 0.15) is 13.2 Å². The van der Waals surface area contributed by atoms with Gasteiger partial charge in [-0.25, -0.2) is 8.42 Å². The Morgan fingerprint density at radius 2 is 1.75 bits per heavy atom. The van der Waals surface area contributed by atoms with Crippen LogP contribution in [0.5, 0.6) is 11.5 Å². The fraction of sp³-hybridized carbons (Fsp3) is 0.133. The minimum Gasteiger partial charge on any atom is -0.486 e. The number of amides is 1. The highest BCUT2D eigenvalue weighted by Crippen LogP contribution is 2.32. The average Bonchev–Trinajstić information content (AvgIpc) is 2.60. The Morgan fingerprint density at radius 3 is 2.50 bits per heavy atom. The fourth-order valence-corrected chi connectivity index (χ4v) is 3.40. The van der Waals surface area contributed by atoms with Crippen LogP contribution < -0.4 is 19.7 Å². The lowest BCUT2D eigenvalue weighted by Gasteiger charge is -2.19. The minimum absolute atomic E-state index is 0.0424. The molecule has 2 aromatic carbocycles. The Morgan fingerprint density at radius 1 is 1.04 bits per heavy atom. The number of carbonyl (C=O) groups is 1. The summed E-state index contributed by atoms with van der Waals surface area (Å²) in [6, 6.07) is 10.9. The lowest BCUT2D eigenvalue weighted by atomic mass is 10.2. The van der Waals surface area contributed by atoms with Gasteiger partial charge in [0.25, 0.3) is 15.9 Å². The van der Waals surface area contributed by atoms with E-state index in [2.05, 4.69) is 26.2 Å². The molecule has 0 saturated carbocycles. The molecule has 0 spiro atoms. The molecule has 126 valence electrons. The summed E-state index contributed by atoms with van der Waals surface area (Å²) in [6.45, 7) is 0.766. The zero-order valence-electron chi connectivity index (χ0n) is 12.3. The van der Waals surface area contributed by atoms with E-state index >= 15 is 0 Å². The third-order valence-electron chi connectivity index (χ3n) is 3.24. The number of hydrogen-bond donors (Lipinski definition) is 2. The predicted molar refractivity (Wildman–Crippen MR) is 89.4 cm³/mol. The van der Waals surface area contributed by atoms with Gasteiger partial charge in [-0.15, -0.1) is 4.83 Å². The lowest BCUT2D eigenvalue weighted by molar-refractivity contribution is 0.0944. The molecule has 9 heteroatoms. The first-order valence-corrected chi connectivity index (χ1v) is 9.21. The Balaban J connectivity index is 1.75. The van der Waals surface area contributed by atoms with Gasteiger partial charge in [0.15, 0.2) is 11.5 Å². The van der Waals surface area contributed by atoms with Gasteiger partial charge in [-0.2, -0.15) is 0 Å². The van der Waals surface area contributed by atoms with Crippen LogP contribution in [0.2, 0.25) is 0 Å². The number of halogens is 1. The smallest absolute Gasteiger partial charge is 0.267 e. The van der Waals surface area contributed by atoms with Crippen molar-refractivity contribution in [2.45, 2.75) is 4.90 Å². The number of hydrazine groups is 1. The van der Waals surface area contributed by atoms with E-state index < -0.39 is 15.9 Å². The maximum atomic E-state index is 12.3. The second kappa shape index (κ2) is 6.80. The summed E-state index contributed by atoms with van der Waals surface area (Å²) in [5, 5.41) is 0. The number of benzene rings is 2. The van der Waals surface area contributed by atoms with Crippen LogP contribution in [-0.2, 0) is 10.0 Å². The van der Waals surface area contributed by atoms with Crippen LogP contribution in [0.25, 0.3) is 0 Å². The standard InChI is InChI=1S/C15H13BrN2O5S/c16-12-4-2-1-3-11(12)15(19)17-18-24(20,21)10-5-6-13-14(9-10)23-8-7-22-13/h1-6,9,18H,7-8H2,(H,17,19). The van der Waals surface area contributed by atoms with Crippen LogP contribution in [0.15, 0.2) is 51.8 Å². The Labute approximate surface area is 147 Å². The van der Waals surface area contributed by atoms with Gasteiger partial charge in [-0.3, -0.25) is 10.2 Å². The highest BCUT2D eigenvalue weighted by molar-refractivity contribution is 9.10. The maximum Gasteiger partial charge on any atom is 0.267 e. The first-order valence-electron chi connectivity index (χ1n) is 6.94. The fourth-order valence-electron chi connectivity index (χ4n) is 2.08. The van der Waals surface area contributed by atoms with Crippen LogP contribution >= 0.6 is 15.9 Å². The van der Waals surface area contributed by atoms with E-state index in [9.17, 15) is 13.2 Å². The van der Waals surface area contributed by atoms with Crippen LogP contribution in [0.4, 0.5) is 0 Å². The van der Waals surface area contributed by atoms with E-state index in [0.29, 0.717) is 34.7 Å². The SMILES string of the molecule is O=C(NNS(=O)(=O)c1ccc2c(c1)OCCO2)c1ccccc1Br. The second-order valence-corrected chi connectivity index (χ2v) is 7.38. The molecule has 0 unspecified atom stereocenters. The van der Waals surface area contributed by atoms with Gasteiger partial charge in [-0.1, -0.05) is 12.1 Å². The van der Waals surface area contributed by atoms with Crippen LogP contribution in [0.1, 0.15) is 10.4 Å². The van der Waals surface area contributed by atoms with Gasteiger partial charge >= 0.3 is 0 Å². The molecule has 1 amide bonds. The quantitative estimate of drug-likeness (QED) is 0.747. The monoisotopic (exact) mass is 412 g/mol. The van der Waals surface area contributed by atoms with Crippen LogP contribution in [0.3, 0.4) is 0 Å². The van der Waals surface area contributed by atoms with E-state index in [1.807, 2.05) is 0 Å². The van der Waals surface area contributed by atoms with Crippen molar-refractivity contribution in [3.8, 4) is 11.5 Å². The summed E-state index contributed by atoms with van der Waals surface area (Å²) in [7, 11) is -3.94. The van der Waals surface area contributed by atoms with Gasteiger partial charge < -0.3 is 9.47 Å². The van der Waals surface area contributed by atoms with Crippen molar-refractivity contribution < 1.29 is 22.7 Å². The first-order chi connectivity index (χ1) is 11.5. The summed E-state index contributed by atoms with van der Waals surface area (Å²) < 4.78 is 35.9. The molecule has 0 atom stereocenters. The molecular formula is C15H13BrN2O5S. The summed E-state index contributed by atoms with van der Waals surface area (Å²) in [6.07, 6.45) is 0. The molecule has 0 aliphatic carbocycles. The number of carbonyl (C=O) groups excluding carboxylic acids is 1. The summed E-state index contributed by atoms with van der Waals surface area (Å²) in [4.78, 5) is 14.1. The first kappa shape index (κ1) is 16.7. The van der Waals surface area contributed by atoms with E-state index in [0.717, 1.165) is 0 Å². The third kappa shape index (κ3) is 3.53. The van der Waals surface area contributed by atoms with Crippen molar-refractivity contribution in [2.75, 3.05) is 13.2 Å². The molecule has 7 nitrogen and oxygen atoms in total. The molecule has 0 saturated heterocycles. The lowest BCUT2D eigenvalue weighted by Crippen LogP contribution is -2.41. The van der Waals surface area contributed by atoms with Crippen molar-refractivity contribution >= 4 is 31.9 Å². The highest BCUT2D eigenvalue weighted by atomic mass is 79.9. The summed E-state index contributed by atoms with van der Waals surface area (Å²) in [5.41, 5.74) is 2.49. The van der Waals surface area contributed by atoms with Crippen molar-refractivity contribution in [3.05, 3.63) is 52.5 Å². The molecule has 2 aromatic rings. The summed E-state index contributed by atoms with van der Waals surface area (Å²) >= 11 is 3.23. The second-order valence-electron chi connectivity index (χ2n) is 4.84. The van der Waals surface area contributed by atoms with E-state index in [1.54, 1.807) is 24.3 Å². The van der Waals surface area contributed by atoms with Gasteiger partial charge in [0, 0.05) is 10.5 Å². The zero-order valence-corrected chi connectivity index (χ0v) is 14.7. The molecule has 1 aliphatic rings. The van der Waals surface area contributed by atoms with Crippen molar-refractivity contribution in [1.29, 1.82) is 0 Å². The normalized spacial score (nSPS) is 13.4. The third-order valence-corrected chi connectivity index (χ3v) is 5.18. The highest BCUT2D eigenvalue weighted by Gasteiger charge is 2.20. The molecule has 3 rings (SSSR count). The zero-order chi connectivity index (χ0) is 17.2. The average molecular weight is 413 g/mol. The molecule has 1 heterocycles. The number of sulfonamides is 1. The largest absolute Gasteiger partial charge is 0.486 e. The van der Waals surface area contributed by atoms with Gasteiger partial charge in [0.2, 0.25) is 0 Å². The van der Waals surface area contributed by atoms with E-state index in [1.165, 1.54) is 18.2 Å². The predicted octanol–water partition coefficient (Wildman–Crippen LogP) is 1.84. The number of fused-ring (bicyclic) bond motifs is 1.